The normalized spacial score (nSPS) is 12.2. The maximum Gasteiger partial charge on any atom is 0.232 e. The Hall–Kier alpha value is -1.79. The number of para-hydroxylation sites is 2. The average Bonchev–Trinajstić information content (AvgIpc) is 2.46. The zero-order valence-corrected chi connectivity index (χ0v) is 14.5. The van der Waals surface area contributed by atoms with Gasteiger partial charge >= 0.3 is 0 Å². The van der Waals surface area contributed by atoms with Gasteiger partial charge in [-0.15, -0.1) is 0 Å². The number of halogens is 1. The van der Waals surface area contributed by atoms with Gasteiger partial charge in [0.2, 0.25) is 10.0 Å². The number of nitrogen functional groups attached to an aromatic ring is 1. The predicted molar refractivity (Wildman–Crippen MR) is 96.4 cm³/mol. The van der Waals surface area contributed by atoms with Gasteiger partial charge in [0.05, 0.1) is 24.2 Å². The van der Waals surface area contributed by atoms with Gasteiger partial charge in [0.1, 0.15) is 0 Å². The molecular formula is C16H17BrN2O2S. The fourth-order valence-corrected chi connectivity index (χ4v) is 3.59. The number of hydrogen-bond donors (Lipinski definition) is 1. The first-order valence-electron chi connectivity index (χ1n) is 6.61. The van der Waals surface area contributed by atoms with E-state index in [0.29, 0.717) is 11.4 Å². The minimum absolute atomic E-state index is 0.182. The van der Waals surface area contributed by atoms with Crippen molar-refractivity contribution in [3.63, 3.8) is 0 Å². The largest absolute Gasteiger partial charge is 0.397 e. The van der Waals surface area contributed by atoms with Crippen molar-refractivity contribution in [1.29, 1.82) is 0 Å². The van der Waals surface area contributed by atoms with Crippen molar-refractivity contribution in [3.8, 4) is 0 Å². The maximum atomic E-state index is 12.1. The summed E-state index contributed by atoms with van der Waals surface area (Å²) in [6.45, 7) is 0.182. The lowest BCUT2D eigenvalue weighted by molar-refractivity contribution is 0.598. The Balaban J connectivity index is 2.33. The third-order valence-corrected chi connectivity index (χ3v) is 4.63. The van der Waals surface area contributed by atoms with Crippen LogP contribution >= 0.6 is 15.9 Å². The van der Waals surface area contributed by atoms with Crippen molar-refractivity contribution in [1.82, 2.24) is 0 Å². The molecule has 2 aromatic rings. The third-order valence-electron chi connectivity index (χ3n) is 3.02. The van der Waals surface area contributed by atoms with Crippen LogP contribution in [0.2, 0.25) is 0 Å². The van der Waals surface area contributed by atoms with E-state index in [1.807, 2.05) is 36.4 Å². The molecule has 0 aliphatic heterocycles. The molecule has 0 aliphatic carbocycles. The first kappa shape index (κ1) is 16.6. The van der Waals surface area contributed by atoms with Gasteiger partial charge < -0.3 is 5.73 Å². The van der Waals surface area contributed by atoms with Crippen molar-refractivity contribution >= 4 is 43.4 Å². The zero-order valence-electron chi connectivity index (χ0n) is 12.1. The van der Waals surface area contributed by atoms with Crippen LogP contribution < -0.4 is 10.0 Å². The summed E-state index contributed by atoms with van der Waals surface area (Å²) in [4.78, 5) is 0. The molecule has 0 heterocycles. The van der Waals surface area contributed by atoms with Crippen LogP contribution in [0.3, 0.4) is 0 Å². The van der Waals surface area contributed by atoms with Crippen LogP contribution in [0.25, 0.3) is 6.08 Å². The molecular weight excluding hydrogens is 364 g/mol. The number of hydrogen-bond acceptors (Lipinski definition) is 3. The van der Waals surface area contributed by atoms with E-state index in [0.717, 1.165) is 10.0 Å². The number of rotatable bonds is 5. The highest BCUT2D eigenvalue weighted by Crippen LogP contribution is 2.27. The van der Waals surface area contributed by atoms with Crippen LogP contribution in [0.15, 0.2) is 59.1 Å². The van der Waals surface area contributed by atoms with Gasteiger partial charge in [-0.05, 0) is 23.8 Å². The van der Waals surface area contributed by atoms with Gasteiger partial charge in [-0.25, -0.2) is 8.42 Å². The summed E-state index contributed by atoms with van der Waals surface area (Å²) in [5, 5.41) is 0. The van der Waals surface area contributed by atoms with Crippen molar-refractivity contribution in [3.05, 3.63) is 64.6 Å². The highest BCUT2D eigenvalue weighted by Gasteiger charge is 2.20. The van der Waals surface area contributed by atoms with Crippen molar-refractivity contribution in [2.45, 2.75) is 0 Å². The molecule has 2 N–H and O–H groups in total. The lowest BCUT2D eigenvalue weighted by atomic mass is 10.2. The fraction of sp³-hybridized carbons (Fsp3) is 0.125. The molecule has 2 aromatic carbocycles. The molecule has 0 fully saturated rings. The summed E-state index contributed by atoms with van der Waals surface area (Å²) in [6.07, 6.45) is 3.06. The molecule has 0 spiro atoms. The van der Waals surface area contributed by atoms with Gasteiger partial charge in [0.25, 0.3) is 0 Å². The first-order chi connectivity index (χ1) is 10.4. The van der Waals surface area contributed by atoms with Crippen LogP contribution in [0.4, 0.5) is 11.4 Å². The molecule has 6 heteroatoms. The van der Waals surface area contributed by atoms with E-state index in [1.54, 1.807) is 24.3 Å². The first-order valence-corrected chi connectivity index (χ1v) is 9.25. The van der Waals surface area contributed by atoms with Crippen LogP contribution in [-0.4, -0.2) is 21.2 Å². The Bertz CT molecular complexity index is 774. The predicted octanol–water partition coefficient (Wildman–Crippen LogP) is 3.47. The van der Waals surface area contributed by atoms with E-state index < -0.39 is 10.0 Å². The summed E-state index contributed by atoms with van der Waals surface area (Å²) in [7, 11) is -3.45. The van der Waals surface area contributed by atoms with Gasteiger partial charge in [0, 0.05) is 4.48 Å². The van der Waals surface area contributed by atoms with E-state index in [9.17, 15) is 8.42 Å². The van der Waals surface area contributed by atoms with Gasteiger partial charge in [0.15, 0.2) is 0 Å². The lowest BCUT2D eigenvalue weighted by Gasteiger charge is -2.23. The molecule has 2 rings (SSSR count). The van der Waals surface area contributed by atoms with Gasteiger partial charge in [-0.1, -0.05) is 58.4 Å². The SMILES string of the molecule is CS(=O)(=O)N(C/C(Br)=C\c1ccccc1)c1ccccc1N. The second-order valence-electron chi connectivity index (χ2n) is 4.83. The molecule has 0 saturated heterocycles. The van der Waals surface area contributed by atoms with Crippen LogP contribution in [0.5, 0.6) is 0 Å². The monoisotopic (exact) mass is 380 g/mol. The molecule has 22 heavy (non-hydrogen) atoms. The Morgan fingerprint density at radius 1 is 1.14 bits per heavy atom. The second kappa shape index (κ2) is 6.98. The highest BCUT2D eigenvalue weighted by atomic mass is 79.9. The smallest absolute Gasteiger partial charge is 0.232 e. The van der Waals surface area contributed by atoms with Crippen LogP contribution in [0.1, 0.15) is 5.56 Å². The standard InChI is InChI=1S/C16H17BrN2O2S/c1-22(20,21)19(16-10-6-5-9-15(16)18)12-14(17)11-13-7-3-2-4-8-13/h2-11H,12,18H2,1H3/b14-11+. The molecule has 0 aromatic heterocycles. The Morgan fingerprint density at radius 2 is 1.73 bits per heavy atom. The molecule has 0 amide bonds. The molecule has 0 saturated carbocycles. The molecule has 0 unspecified atom stereocenters. The Labute approximate surface area is 139 Å². The van der Waals surface area contributed by atoms with Crippen LogP contribution in [0, 0.1) is 0 Å². The number of anilines is 2. The summed E-state index contributed by atoms with van der Waals surface area (Å²) >= 11 is 3.44. The van der Waals surface area contributed by atoms with Crippen molar-refractivity contribution in [2.75, 3.05) is 22.8 Å². The minimum Gasteiger partial charge on any atom is -0.397 e. The van der Waals surface area contributed by atoms with Crippen molar-refractivity contribution < 1.29 is 8.42 Å². The van der Waals surface area contributed by atoms with E-state index in [2.05, 4.69) is 15.9 Å². The Morgan fingerprint density at radius 3 is 2.32 bits per heavy atom. The minimum atomic E-state index is -3.45. The molecule has 0 aliphatic rings. The quantitative estimate of drug-likeness (QED) is 0.807. The number of nitrogens with two attached hydrogens (primary N) is 1. The molecule has 116 valence electrons. The summed E-state index contributed by atoms with van der Waals surface area (Å²) < 4.78 is 26.2. The summed E-state index contributed by atoms with van der Waals surface area (Å²) in [5.41, 5.74) is 7.79. The zero-order chi connectivity index (χ0) is 16.2. The lowest BCUT2D eigenvalue weighted by Crippen LogP contribution is -2.31. The topological polar surface area (TPSA) is 63.4 Å². The summed E-state index contributed by atoms with van der Waals surface area (Å²) in [6, 6.07) is 16.6. The Kier molecular flexibility index (Phi) is 5.26. The number of sulfonamides is 1. The average molecular weight is 381 g/mol. The highest BCUT2D eigenvalue weighted by molar-refractivity contribution is 9.11. The second-order valence-corrected chi connectivity index (χ2v) is 7.76. The van der Waals surface area contributed by atoms with E-state index in [-0.39, 0.29) is 6.54 Å². The molecule has 0 bridgehead atoms. The molecule has 0 radical (unpaired) electrons. The van der Waals surface area contributed by atoms with Gasteiger partial charge in [-0.2, -0.15) is 0 Å². The summed E-state index contributed by atoms with van der Waals surface area (Å²) in [5.74, 6) is 0. The molecule has 0 atom stereocenters. The van der Waals surface area contributed by atoms with E-state index >= 15 is 0 Å². The fourth-order valence-electron chi connectivity index (χ4n) is 2.01. The maximum absolute atomic E-state index is 12.1. The van der Waals surface area contributed by atoms with Crippen LogP contribution in [-0.2, 0) is 10.0 Å². The van der Waals surface area contributed by atoms with Gasteiger partial charge in [-0.3, -0.25) is 4.31 Å². The van der Waals surface area contributed by atoms with E-state index in [4.69, 9.17) is 5.73 Å². The molecule has 4 nitrogen and oxygen atoms in total. The number of benzene rings is 2. The third kappa shape index (κ3) is 4.35. The number of nitrogens with zero attached hydrogens (tertiary/aromatic N) is 1. The van der Waals surface area contributed by atoms with Crippen molar-refractivity contribution in [2.24, 2.45) is 0 Å². The van der Waals surface area contributed by atoms with E-state index in [1.165, 1.54) is 10.6 Å².